The molecule has 0 fully saturated rings. The molecule has 7 aromatic rings. The first-order chi connectivity index (χ1) is 30.6. The average Bonchev–Trinajstić information content (AvgIpc) is 3.99. The Morgan fingerprint density at radius 2 is 1.17 bits per heavy atom. The van der Waals surface area contributed by atoms with E-state index in [0.29, 0.717) is 28.3 Å². The number of aromatic nitrogens is 4. The standard InChI is InChI=1S/C17H15FN2O2.C12H14O4.C10H10N2O2.C7H7FO.H4N2/c1-21-16-9-5-3-7-13(16)15-10-17(20-19-15)22-11-12-6-2-4-8-14(12)18;1-3-16-12(14)8-10(13)9-6-4-5-7-11(9)15-2;1-14-9-5-3-2-4-7(9)8-6-10(13)12-11-8;8-7-4-2-1-3-6(7)5-9;1-2/h2-10H,11H2,1H3,(H,19,20);4-7H,3,8H2,1-2H3;2-6H,1H3,(H2,11,12,13);1-4,9H,5H2;1-2H2. The monoisotopic (exact) mass is 868 g/mol. The van der Waals surface area contributed by atoms with Gasteiger partial charge in [-0.1, -0.05) is 72.8 Å². The first-order valence-corrected chi connectivity index (χ1v) is 19.1. The molecule has 63 heavy (non-hydrogen) atoms. The molecule has 8 N–H and O–H groups in total. The van der Waals surface area contributed by atoms with Gasteiger partial charge in [-0.25, -0.2) is 8.78 Å². The van der Waals surface area contributed by atoms with Crippen LogP contribution in [-0.4, -0.2) is 65.2 Å². The molecule has 15 nitrogen and oxygen atoms in total. The quantitative estimate of drug-likeness (QED) is 0.0223. The molecular weight excluding hydrogens is 819 g/mol. The number of esters is 1. The number of aromatic amines is 3. The largest absolute Gasteiger partial charge is 0.496 e. The highest BCUT2D eigenvalue weighted by atomic mass is 19.1. The number of hydrazine groups is 1. The maximum absolute atomic E-state index is 13.5. The summed E-state index contributed by atoms with van der Waals surface area (Å²) in [5.74, 6) is 8.91. The number of hydrogen-bond acceptors (Lipinski definition) is 12. The molecule has 0 saturated heterocycles. The summed E-state index contributed by atoms with van der Waals surface area (Å²) in [6, 6.07) is 37.8. The Morgan fingerprint density at radius 1 is 0.667 bits per heavy atom. The molecule has 0 radical (unpaired) electrons. The van der Waals surface area contributed by atoms with Gasteiger partial charge in [0.05, 0.1) is 51.5 Å². The van der Waals surface area contributed by atoms with Crippen LogP contribution < -0.4 is 36.2 Å². The lowest BCUT2D eigenvalue weighted by atomic mass is 10.1. The van der Waals surface area contributed by atoms with Gasteiger partial charge in [0.2, 0.25) is 5.88 Å². The molecule has 0 aliphatic heterocycles. The third-order valence-electron chi connectivity index (χ3n) is 8.42. The number of ketones is 1. The second-order valence-corrected chi connectivity index (χ2v) is 12.4. The third kappa shape index (κ3) is 15.7. The summed E-state index contributed by atoms with van der Waals surface area (Å²) >= 11 is 0. The van der Waals surface area contributed by atoms with Gasteiger partial charge in [-0.05, 0) is 55.5 Å². The summed E-state index contributed by atoms with van der Waals surface area (Å²) in [4.78, 5) is 33.8. The summed E-state index contributed by atoms with van der Waals surface area (Å²) in [7, 11) is 4.70. The summed E-state index contributed by atoms with van der Waals surface area (Å²) < 4.78 is 51.7. The van der Waals surface area contributed by atoms with E-state index in [9.17, 15) is 23.2 Å². The number of rotatable bonds is 13. The Bertz CT molecular complexity index is 2510. The Labute approximate surface area is 362 Å². The van der Waals surface area contributed by atoms with Crippen molar-refractivity contribution in [2.75, 3.05) is 27.9 Å². The van der Waals surface area contributed by atoms with E-state index in [4.69, 9.17) is 28.8 Å². The molecular formula is C46H50F2N6O9. The van der Waals surface area contributed by atoms with Gasteiger partial charge in [0.15, 0.2) is 5.78 Å². The number of aliphatic hydroxyl groups excluding tert-OH is 1. The predicted octanol–water partition coefficient (Wildman–Crippen LogP) is 7.15. The van der Waals surface area contributed by atoms with Gasteiger partial charge in [0.1, 0.15) is 41.9 Å². The number of aliphatic hydroxyl groups is 1. The van der Waals surface area contributed by atoms with E-state index in [1.54, 1.807) is 87.9 Å². The fraction of sp³-hybridized carbons (Fsp3) is 0.174. The normalized spacial score (nSPS) is 9.79. The fourth-order valence-electron chi connectivity index (χ4n) is 5.43. The lowest BCUT2D eigenvalue weighted by molar-refractivity contribution is -0.141. The van der Waals surface area contributed by atoms with Crippen molar-refractivity contribution < 1.29 is 47.2 Å². The molecule has 0 unspecified atom stereocenters. The van der Waals surface area contributed by atoms with Crippen LogP contribution in [0.3, 0.4) is 0 Å². The van der Waals surface area contributed by atoms with Gasteiger partial charge in [0.25, 0.3) is 5.56 Å². The highest BCUT2D eigenvalue weighted by Crippen LogP contribution is 2.30. The number of nitrogens with zero attached hydrogens (tertiary/aromatic N) is 1. The zero-order valence-corrected chi connectivity index (χ0v) is 35.1. The molecule has 5 aromatic carbocycles. The Hall–Kier alpha value is -7.60. The van der Waals surface area contributed by atoms with Gasteiger partial charge >= 0.3 is 5.97 Å². The molecule has 2 heterocycles. The van der Waals surface area contributed by atoms with Crippen LogP contribution in [0.5, 0.6) is 23.1 Å². The van der Waals surface area contributed by atoms with Crippen molar-refractivity contribution in [3.05, 3.63) is 172 Å². The number of hydrogen-bond donors (Lipinski definition) is 6. The number of halogens is 2. The average molecular weight is 869 g/mol. The Balaban J connectivity index is 0.000000230. The molecule has 0 atom stereocenters. The van der Waals surface area contributed by atoms with Crippen LogP contribution in [0.1, 0.15) is 34.8 Å². The molecule has 7 rings (SSSR count). The molecule has 0 spiro atoms. The van der Waals surface area contributed by atoms with Crippen molar-refractivity contribution >= 4 is 11.8 Å². The molecule has 0 saturated carbocycles. The number of nitrogens with one attached hydrogen (secondary N) is 3. The van der Waals surface area contributed by atoms with Gasteiger partial charge in [-0.2, -0.15) is 0 Å². The number of H-pyrrole nitrogens is 3. The number of ether oxygens (including phenoxy) is 5. The molecule has 0 aliphatic carbocycles. The summed E-state index contributed by atoms with van der Waals surface area (Å²) in [6.07, 6.45) is -0.256. The van der Waals surface area contributed by atoms with Gasteiger partial charge in [-0.3, -0.25) is 41.4 Å². The van der Waals surface area contributed by atoms with E-state index in [1.807, 2.05) is 48.5 Å². The number of methoxy groups -OCH3 is 3. The van der Waals surface area contributed by atoms with Gasteiger partial charge < -0.3 is 28.8 Å². The van der Waals surface area contributed by atoms with Crippen LogP contribution in [0.25, 0.3) is 22.5 Å². The van der Waals surface area contributed by atoms with E-state index >= 15 is 0 Å². The van der Waals surface area contributed by atoms with Gasteiger partial charge in [-0.15, -0.1) is 5.10 Å². The van der Waals surface area contributed by atoms with Crippen molar-refractivity contribution in [1.82, 2.24) is 20.4 Å². The highest BCUT2D eigenvalue weighted by molar-refractivity contribution is 6.07. The van der Waals surface area contributed by atoms with E-state index in [0.717, 1.165) is 34.0 Å². The number of Topliss-reactive ketones (excluding diaryl/α,β-unsaturated/α-hetero) is 1. The first kappa shape index (κ1) is 49.8. The zero-order valence-electron chi connectivity index (χ0n) is 35.1. The van der Waals surface area contributed by atoms with Gasteiger partial charge in [0, 0.05) is 34.4 Å². The number of para-hydroxylation sites is 3. The van der Waals surface area contributed by atoms with Crippen LogP contribution in [0.2, 0.25) is 0 Å². The van der Waals surface area contributed by atoms with E-state index < -0.39 is 5.97 Å². The van der Waals surface area contributed by atoms with Crippen molar-refractivity contribution in [2.24, 2.45) is 11.7 Å². The van der Waals surface area contributed by atoms with Crippen LogP contribution in [0.15, 0.2) is 138 Å². The molecule has 17 heteroatoms. The molecule has 332 valence electrons. The maximum atomic E-state index is 13.5. The topological polar surface area (TPSA) is 230 Å². The van der Waals surface area contributed by atoms with Crippen molar-refractivity contribution in [3.63, 3.8) is 0 Å². The highest BCUT2D eigenvalue weighted by Gasteiger charge is 2.16. The fourth-order valence-corrected chi connectivity index (χ4v) is 5.43. The predicted molar refractivity (Wildman–Crippen MR) is 234 cm³/mol. The van der Waals surface area contributed by atoms with Crippen LogP contribution in [0.4, 0.5) is 8.78 Å². The van der Waals surface area contributed by atoms with Crippen molar-refractivity contribution in [2.45, 2.75) is 26.6 Å². The molecule has 2 aromatic heterocycles. The maximum Gasteiger partial charge on any atom is 0.313 e. The SMILES string of the molecule is CCOC(=O)CC(=O)c1ccccc1OC.COc1ccccc1-c1cc(=O)[nH][nH]1.COc1ccccc1-c1cc(OCc2ccccc2F)n[nH]1.NN.OCc1ccccc1F. The third-order valence-corrected chi connectivity index (χ3v) is 8.42. The summed E-state index contributed by atoms with van der Waals surface area (Å²) in [5, 5.41) is 20.7. The number of benzene rings is 5. The lowest BCUT2D eigenvalue weighted by Gasteiger charge is -2.06. The summed E-state index contributed by atoms with van der Waals surface area (Å²) in [5.41, 5.74) is 4.35. The smallest absolute Gasteiger partial charge is 0.313 e. The second-order valence-electron chi connectivity index (χ2n) is 12.4. The Kier molecular flexibility index (Phi) is 21.6. The number of nitrogens with two attached hydrogens (primary N) is 2. The number of carbonyl (C=O) groups is 2. The zero-order chi connectivity index (χ0) is 46.0. The van der Waals surface area contributed by atoms with Crippen molar-refractivity contribution in [1.29, 1.82) is 0 Å². The van der Waals surface area contributed by atoms with E-state index in [1.165, 1.54) is 25.3 Å². The minimum Gasteiger partial charge on any atom is -0.496 e. The van der Waals surface area contributed by atoms with Crippen molar-refractivity contribution in [3.8, 4) is 45.6 Å². The first-order valence-electron chi connectivity index (χ1n) is 19.1. The number of carbonyl (C=O) groups excluding carboxylic acids is 2. The molecule has 0 aliphatic rings. The summed E-state index contributed by atoms with van der Waals surface area (Å²) in [6.45, 7) is 1.87. The van der Waals surface area contributed by atoms with E-state index in [2.05, 4.69) is 32.1 Å². The van der Waals surface area contributed by atoms with Crippen LogP contribution in [-0.2, 0) is 22.7 Å². The molecule has 0 amide bonds. The van der Waals surface area contributed by atoms with Crippen LogP contribution >= 0.6 is 0 Å². The molecule has 0 bridgehead atoms. The van der Waals surface area contributed by atoms with E-state index in [-0.39, 0.29) is 49.2 Å². The van der Waals surface area contributed by atoms with Crippen LogP contribution in [0, 0.1) is 11.6 Å². The minimum atomic E-state index is -0.515. The lowest BCUT2D eigenvalue weighted by Crippen LogP contribution is -2.12. The Morgan fingerprint density at radius 3 is 1.68 bits per heavy atom. The second kappa shape index (κ2) is 27.3. The minimum absolute atomic E-state index is 0.128.